The fourth-order valence-corrected chi connectivity index (χ4v) is 3.42. The highest BCUT2D eigenvalue weighted by molar-refractivity contribution is 7.98. The molecular formula is C14H13ClF3N7OS. The Bertz CT molecular complexity index is 997. The Morgan fingerprint density at radius 3 is 2.81 bits per heavy atom. The number of nitrogens with one attached hydrogen (secondary N) is 1. The van der Waals surface area contributed by atoms with Crippen molar-refractivity contribution in [2.24, 2.45) is 0 Å². The molecule has 0 saturated heterocycles. The van der Waals surface area contributed by atoms with Crippen molar-refractivity contribution < 1.29 is 13.2 Å². The minimum absolute atomic E-state index is 0.0461. The predicted molar refractivity (Wildman–Crippen MR) is 91.9 cm³/mol. The van der Waals surface area contributed by atoms with E-state index in [2.05, 4.69) is 25.7 Å². The number of nitrogens with zero attached hydrogens (tertiary/aromatic N) is 6. The largest absolute Gasteiger partial charge is 0.418 e. The minimum atomic E-state index is -4.62. The fourth-order valence-electron chi connectivity index (χ4n) is 2.37. The molecule has 0 radical (unpaired) electrons. The number of aromatic amines is 1. The Labute approximate surface area is 159 Å². The Morgan fingerprint density at radius 2 is 2.11 bits per heavy atom. The minimum Gasteiger partial charge on any atom is -0.270 e. The standard InChI is InChI=1S/C14H13ClF3N7OS/c1-2-5-24-12(26)20-21-13(24)27-7-11-19-22-23-25(11)10-4-3-8(15)6-9(10)14(16,17)18/h3-4,6H,2,5,7H2,1H3,(H,20,26). The molecule has 0 atom stereocenters. The normalized spacial score (nSPS) is 11.9. The van der Waals surface area contributed by atoms with Crippen LogP contribution in [-0.2, 0) is 18.5 Å². The number of tetrazole rings is 1. The number of rotatable bonds is 6. The lowest BCUT2D eigenvalue weighted by Crippen LogP contribution is -2.17. The zero-order valence-electron chi connectivity index (χ0n) is 13.9. The highest BCUT2D eigenvalue weighted by Gasteiger charge is 2.35. The highest BCUT2D eigenvalue weighted by atomic mass is 35.5. The van der Waals surface area contributed by atoms with Crippen LogP contribution < -0.4 is 5.69 Å². The number of benzene rings is 1. The maximum Gasteiger partial charge on any atom is 0.418 e. The van der Waals surface area contributed by atoms with Gasteiger partial charge in [0.15, 0.2) is 11.0 Å². The van der Waals surface area contributed by atoms with Crippen LogP contribution in [-0.4, -0.2) is 35.0 Å². The van der Waals surface area contributed by atoms with Gasteiger partial charge in [-0.1, -0.05) is 30.3 Å². The van der Waals surface area contributed by atoms with E-state index in [-0.39, 0.29) is 28.0 Å². The molecule has 27 heavy (non-hydrogen) atoms. The summed E-state index contributed by atoms with van der Waals surface area (Å²) >= 11 is 6.85. The van der Waals surface area contributed by atoms with Gasteiger partial charge in [0.25, 0.3) is 0 Å². The molecule has 2 heterocycles. The molecule has 3 rings (SSSR count). The number of aromatic nitrogens is 7. The lowest BCUT2D eigenvalue weighted by atomic mass is 10.1. The van der Waals surface area contributed by atoms with Crippen LogP contribution in [0.5, 0.6) is 0 Å². The quantitative estimate of drug-likeness (QED) is 0.617. The summed E-state index contributed by atoms with van der Waals surface area (Å²) < 4.78 is 42.5. The highest BCUT2D eigenvalue weighted by Crippen LogP contribution is 2.35. The molecule has 13 heteroatoms. The van der Waals surface area contributed by atoms with Crippen LogP contribution in [0.4, 0.5) is 13.2 Å². The number of alkyl halides is 3. The maximum atomic E-state index is 13.3. The third-order valence-electron chi connectivity index (χ3n) is 3.53. The molecule has 0 aliphatic rings. The molecular weight excluding hydrogens is 407 g/mol. The zero-order chi connectivity index (χ0) is 19.6. The lowest BCUT2D eigenvalue weighted by Gasteiger charge is -2.13. The molecule has 0 amide bonds. The molecule has 3 aromatic rings. The van der Waals surface area contributed by atoms with Crippen LogP contribution in [0.3, 0.4) is 0 Å². The van der Waals surface area contributed by atoms with Crippen molar-refractivity contribution >= 4 is 23.4 Å². The van der Waals surface area contributed by atoms with Crippen LogP contribution in [0, 0.1) is 0 Å². The summed E-state index contributed by atoms with van der Waals surface area (Å²) in [5.41, 5.74) is -1.53. The Balaban J connectivity index is 1.91. The average molecular weight is 420 g/mol. The molecule has 0 aliphatic carbocycles. The van der Waals surface area contributed by atoms with Crippen LogP contribution in [0.25, 0.3) is 5.69 Å². The summed E-state index contributed by atoms with van der Waals surface area (Å²) in [6.45, 7) is 2.38. The van der Waals surface area contributed by atoms with Crippen molar-refractivity contribution in [1.82, 2.24) is 35.0 Å². The van der Waals surface area contributed by atoms with Gasteiger partial charge < -0.3 is 0 Å². The molecule has 1 N–H and O–H groups in total. The van der Waals surface area contributed by atoms with Crippen molar-refractivity contribution in [1.29, 1.82) is 0 Å². The SMILES string of the molecule is CCCn1c(SCc2nnnn2-c2ccc(Cl)cc2C(F)(F)F)n[nH]c1=O. The molecule has 0 unspecified atom stereocenters. The molecule has 8 nitrogen and oxygen atoms in total. The second-order valence-corrected chi connectivity index (χ2v) is 6.80. The lowest BCUT2D eigenvalue weighted by molar-refractivity contribution is -0.137. The summed E-state index contributed by atoms with van der Waals surface area (Å²) in [5, 5.41) is 17.6. The van der Waals surface area contributed by atoms with E-state index >= 15 is 0 Å². The van der Waals surface area contributed by atoms with Crippen LogP contribution >= 0.6 is 23.4 Å². The van der Waals surface area contributed by atoms with Crippen molar-refractivity contribution in [2.75, 3.05) is 0 Å². The smallest absolute Gasteiger partial charge is 0.270 e. The molecule has 0 fully saturated rings. The van der Waals surface area contributed by atoms with Crippen molar-refractivity contribution in [3.63, 3.8) is 0 Å². The first-order chi connectivity index (χ1) is 12.8. The van der Waals surface area contributed by atoms with E-state index in [0.717, 1.165) is 28.9 Å². The van der Waals surface area contributed by atoms with Crippen LogP contribution in [0.1, 0.15) is 24.7 Å². The molecule has 0 spiro atoms. The van der Waals surface area contributed by atoms with E-state index in [1.54, 1.807) is 0 Å². The summed E-state index contributed by atoms with van der Waals surface area (Å²) in [7, 11) is 0. The van der Waals surface area contributed by atoms with Gasteiger partial charge in [-0.25, -0.2) is 9.89 Å². The number of hydrogen-bond acceptors (Lipinski definition) is 6. The van der Waals surface area contributed by atoms with Gasteiger partial charge in [-0.3, -0.25) is 4.57 Å². The second-order valence-electron chi connectivity index (χ2n) is 5.42. The van der Waals surface area contributed by atoms with E-state index < -0.39 is 11.7 Å². The van der Waals surface area contributed by atoms with Gasteiger partial charge in [-0.2, -0.15) is 17.9 Å². The topological polar surface area (TPSA) is 94.3 Å². The molecule has 0 bridgehead atoms. The van der Waals surface area contributed by atoms with Gasteiger partial charge in [0, 0.05) is 11.6 Å². The van der Waals surface area contributed by atoms with Gasteiger partial charge in [0.1, 0.15) is 0 Å². The fraction of sp³-hybridized carbons (Fsp3) is 0.357. The van der Waals surface area contributed by atoms with Gasteiger partial charge in [-0.05, 0) is 35.0 Å². The Kier molecular flexibility index (Phi) is 5.56. The van der Waals surface area contributed by atoms with Gasteiger partial charge in [-0.15, -0.1) is 10.2 Å². The van der Waals surface area contributed by atoms with Gasteiger partial charge >= 0.3 is 11.9 Å². The average Bonchev–Trinajstić information content (AvgIpc) is 3.20. The molecule has 1 aromatic carbocycles. The van der Waals surface area contributed by atoms with E-state index in [4.69, 9.17) is 11.6 Å². The van der Waals surface area contributed by atoms with Crippen molar-refractivity contribution in [3.8, 4) is 5.69 Å². The van der Waals surface area contributed by atoms with Crippen LogP contribution in [0.15, 0.2) is 28.2 Å². The second kappa shape index (κ2) is 7.72. The molecule has 144 valence electrons. The van der Waals surface area contributed by atoms with Crippen molar-refractivity contribution in [3.05, 3.63) is 45.1 Å². The van der Waals surface area contributed by atoms with E-state index in [1.807, 2.05) is 6.92 Å². The number of thioether (sulfide) groups is 1. The van der Waals surface area contributed by atoms with Crippen molar-refractivity contribution in [2.45, 2.75) is 37.0 Å². The predicted octanol–water partition coefficient (Wildman–Crippen LogP) is 2.92. The Morgan fingerprint density at radius 1 is 1.33 bits per heavy atom. The van der Waals surface area contributed by atoms with Crippen LogP contribution in [0.2, 0.25) is 5.02 Å². The third kappa shape index (κ3) is 4.16. The summed E-state index contributed by atoms with van der Waals surface area (Å²) in [4.78, 5) is 11.7. The first kappa shape index (κ1) is 19.4. The summed E-state index contributed by atoms with van der Waals surface area (Å²) in [5.74, 6) is 0.285. The first-order valence-corrected chi connectivity index (χ1v) is 9.10. The number of H-pyrrole nitrogens is 1. The monoisotopic (exact) mass is 419 g/mol. The molecule has 0 aliphatic heterocycles. The van der Waals surface area contributed by atoms with Gasteiger partial charge in [0.05, 0.1) is 17.0 Å². The Hall–Kier alpha value is -2.34. The maximum absolute atomic E-state index is 13.3. The van der Waals surface area contributed by atoms with E-state index in [1.165, 1.54) is 16.7 Å². The molecule has 2 aromatic heterocycles. The third-order valence-corrected chi connectivity index (χ3v) is 4.73. The summed E-state index contributed by atoms with van der Waals surface area (Å²) in [6.07, 6.45) is -3.90. The van der Waals surface area contributed by atoms with E-state index in [9.17, 15) is 18.0 Å². The number of hydrogen-bond donors (Lipinski definition) is 1. The zero-order valence-corrected chi connectivity index (χ0v) is 15.4. The molecule has 0 saturated carbocycles. The number of halogens is 4. The first-order valence-electron chi connectivity index (χ1n) is 7.73. The van der Waals surface area contributed by atoms with E-state index in [0.29, 0.717) is 11.7 Å². The van der Waals surface area contributed by atoms with Gasteiger partial charge in [0.2, 0.25) is 0 Å². The summed E-state index contributed by atoms with van der Waals surface area (Å²) in [6, 6.07) is 3.36.